The van der Waals surface area contributed by atoms with Crippen LogP contribution in [0.25, 0.3) is 0 Å². The van der Waals surface area contributed by atoms with Crippen LogP contribution in [-0.4, -0.2) is 11.5 Å². The number of aromatic nitrogens is 1. The molecule has 0 aliphatic heterocycles. The maximum absolute atomic E-state index is 4.43. The molecule has 1 aliphatic rings. The highest BCUT2D eigenvalue weighted by molar-refractivity contribution is 9.10. The maximum atomic E-state index is 4.43. The van der Waals surface area contributed by atoms with Gasteiger partial charge in [0.15, 0.2) is 0 Å². The Bertz CT molecular complexity index is 378. The summed E-state index contributed by atoms with van der Waals surface area (Å²) < 4.78 is 1.05. The fraction of sp³-hybridized carbons (Fsp3) is 0.643. The van der Waals surface area contributed by atoms with Crippen molar-refractivity contribution in [2.45, 2.75) is 39.5 Å². The summed E-state index contributed by atoms with van der Waals surface area (Å²) in [5.41, 5.74) is 1.21. The fourth-order valence-electron chi connectivity index (χ4n) is 2.65. The highest BCUT2D eigenvalue weighted by Gasteiger charge is 2.21. The first-order valence-corrected chi connectivity index (χ1v) is 7.32. The van der Waals surface area contributed by atoms with Gasteiger partial charge < -0.3 is 5.32 Å². The number of hydrogen-bond donors (Lipinski definition) is 1. The molecule has 0 aromatic carbocycles. The van der Waals surface area contributed by atoms with Crippen molar-refractivity contribution in [3.63, 3.8) is 0 Å². The predicted octanol–water partition coefficient (Wildman–Crippen LogP) is 4.39. The molecule has 3 heteroatoms. The summed E-state index contributed by atoms with van der Waals surface area (Å²) >= 11 is 3.44. The Morgan fingerprint density at radius 2 is 2.18 bits per heavy atom. The van der Waals surface area contributed by atoms with E-state index >= 15 is 0 Å². The molecule has 1 aliphatic carbocycles. The van der Waals surface area contributed by atoms with Crippen LogP contribution in [0.15, 0.2) is 16.7 Å². The molecule has 94 valence electrons. The molecule has 1 aromatic heterocycles. The highest BCUT2D eigenvalue weighted by Crippen LogP contribution is 2.29. The van der Waals surface area contributed by atoms with Crippen LogP contribution in [0.4, 0.5) is 5.82 Å². The summed E-state index contributed by atoms with van der Waals surface area (Å²) in [6, 6.07) is 2.11. The van der Waals surface area contributed by atoms with Crippen molar-refractivity contribution in [1.29, 1.82) is 0 Å². The van der Waals surface area contributed by atoms with Crippen molar-refractivity contribution in [1.82, 2.24) is 4.98 Å². The summed E-state index contributed by atoms with van der Waals surface area (Å²) in [7, 11) is 0. The molecular formula is C14H21BrN2. The van der Waals surface area contributed by atoms with Crippen LogP contribution in [0.3, 0.4) is 0 Å². The molecule has 2 nitrogen and oxygen atoms in total. The Morgan fingerprint density at radius 1 is 1.41 bits per heavy atom. The normalized spacial score (nSPS) is 24.6. The molecule has 2 unspecified atom stereocenters. The molecule has 1 fully saturated rings. The molecule has 17 heavy (non-hydrogen) atoms. The molecule has 1 saturated carbocycles. The number of hydrogen-bond acceptors (Lipinski definition) is 2. The zero-order chi connectivity index (χ0) is 12.3. The minimum atomic E-state index is 0.814. The Kier molecular flexibility index (Phi) is 4.43. The van der Waals surface area contributed by atoms with Gasteiger partial charge >= 0.3 is 0 Å². The second-order valence-electron chi connectivity index (χ2n) is 5.22. The molecule has 0 amide bonds. The molecule has 1 aromatic rings. The average molecular weight is 297 g/mol. The van der Waals surface area contributed by atoms with E-state index < -0.39 is 0 Å². The van der Waals surface area contributed by atoms with Crippen LogP contribution in [0.5, 0.6) is 0 Å². The number of halogens is 1. The average Bonchev–Trinajstić information content (AvgIpc) is 2.30. The third-order valence-electron chi connectivity index (χ3n) is 3.87. The Balaban J connectivity index is 1.92. The van der Waals surface area contributed by atoms with Crippen LogP contribution in [0.2, 0.25) is 0 Å². The van der Waals surface area contributed by atoms with E-state index in [1.807, 2.05) is 6.20 Å². The van der Waals surface area contributed by atoms with Crippen LogP contribution < -0.4 is 5.32 Å². The summed E-state index contributed by atoms with van der Waals surface area (Å²) in [6.07, 6.45) is 7.42. The van der Waals surface area contributed by atoms with Crippen molar-refractivity contribution >= 4 is 21.7 Å². The van der Waals surface area contributed by atoms with E-state index in [0.717, 1.165) is 28.7 Å². The maximum Gasteiger partial charge on any atom is 0.128 e. The number of aryl methyl sites for hydroxylation is 1. The van der Waals surface area contributed by atoms with E-state index in [9.17, 15) is 0 Å². The summed E-state index contributed by atoms with van der Waals surface area (Å²) in [6.45, 7) is 5.55. The van der Waals surface area contributed by atoms with Crippen LogP contribution in [0.1, 0.15) is 38.2 Å². The molecule has 2 atom stereocenters. The van der Waals surface area contributed by atoms with Crippen molar-refractivity contribution in [3.8, 4) is 0 Å². The lowest BCUT2D eigenvalue weighted by molar-refractivity contribution is 0.268. The number of pyridine rings is 1. The zero-order valence-corrected chi connectivity index (χ0v) is 12.3. The van der Waals surface area contributed by atoms with Gasteiger partial charge in [0, 0.05) is 17.2 Å². The second-order valence-corrected chi connectivity index (χ2v) is 6.14. The number of nitrogens with one attached hydrogen (secondary N) is 1. The van der Waals surface area contributed by atoms with Gasteiger partial charge in [-0.2, -0.15) is 0 Å². The number of rotatable bonds is 3. The monoisotopic (exact) mass is 296 g/mol. The smallest absolute Gasteiger partial charge is 0.128 e. The van der Waals surface area contributed by atoms with E-state index in [0.29, 0.717) is 0 Å². The molecule has 1 N–H and O–H groups in total. The highest BCUT2D eigenvalue weighted by atomic mass is 79.9. The van der Waals surface area contributed by atoms with Gasteiger partial charge in [0.2, 0.25) is 0 Å². The lowest BCUT2D eigenvalue weighted by Crippen LogP contribution is -2.24. The first kappa shape index (κ1) is 12.9. The minimum Gasteiger partial charge on any atom is -0.370 e. The molecule has 0 saturated heterocycles. The standard InChI is InChI=1S/C14H21BrN2/c1-10-5-3-4-6-12(10)8-16-14-11(2)7-13(15)9-17-14/h7,9-10,12H,3-6,8H2,1-2H3,(H,16,17). The third kappa shape index (κ3) is 3.44. The Hall–Kier alpha value is -0.570. The van der Waals surface area contributed by atoms with Gasteiger partial charge in [0.25, 0.3) is 0 Å². The SMILES string of the molecule is Cc1cc(Br)cnc1NCC1CCCCC1C. The quantitative estimate of drug-likeness (QED) is 0.895. The van der Waals surface area contributed by atoms with Gasteiger partial charge in [-0.3, -0.25) is 0 Å². The van der Waals surface area contributed by atoms with Gasteiger partial charge in [-0.25, -0.2) is 4.98 Å². The van der Waals surface area contributed by atoms with Gasteiger partial charge in [-0.05, 0) is 52.7 Å². The summed E-state index contributed by atoms with van der Waals surface area (Å²) in [5, 5.41) is 3.51. The summed E-state index contributed by atoms with van der Waals surface area (Å²) in [5.74, 6) is 2.70. The van der Waals surface area contributed by atoms with E-state index in [2.05, 4.69) is 46.1 Å². The van der Waals surface area contributed by atoms with Crippen molar-refractivity contribution in [3.05, 3.63) is 22.3 Å². The van der Waals surface area contributed by atoms with Gasteiger partial charge in [0.1, 0.15) is 5.82 Å². The van der Waals surface area contributed by atoms with Gasteiger partial charge in [-0.15, -0.1) is 0 Å². The van der Waals surface area contributed by atoms with E-state index in [1.54, 1.807) is 0 Å². The molecule has 0 bridgehead atoms. The number of anilines is 1. The van der Waals surface area contributed by atoms with E-state index in [4.69, 9.17) is 0 Å². The molecule has 1 heterocycles. The molecular weight excluding hydrogens is 276 g/mol. The molecule has 2 rings (SSSR count). The lowest BCUT2D eigenvalue weighted by Gasteiger charge is -2.29. The van der Waals surface area contributed by atoms with Crippen molar-refractivity contribution in [2.75, 3.05) is 11.9 Å². The largest absolute Gasteiger partial charge is 0.370 e. The molecule has 0 radical (unpaired) electrons. The second kappa shape index (κ2) is 5.85. The first-order valence-electron chi connectivity index (χ1n) is 6.53. The lowest BCUT2D eigenvalue weighted by atomic mass is 9.80. The topological polar surface area (TPSA) is 24.9 Å². The van der Waals surface area contributed by atoms with E-state index in [-0.39, 0.29) is 0 Å². The van der Waals surface area contributed by atoms with E-state index in [1.165, 1.54) is 31.2 Å². The van der Waals surface area contributed by atoms with Gasteiger partial charge in [-0.1, -0.05) is 26.2 Å². The first-order chi connectivity index (χ1) is 8.16. The zero-order valence-electron chi connectivity index (χ0n) is 10.7. The van der Waals surface area contributed by atoms with Crippen molar-refractivity contribution in [2.24, 2.45) is 11.8 Å². The fourth-order valence-corrected chi connectivity index (χ4v) is 3.10. The predicted molar refractivity (Wildman–Crippen MR) is 76.3 cm³/mol. The van der Waals surface area contributed by atoms with Crippen LogP contribution in [0, 0.1) is 18.8 Å². The third-order valence-corrected chi connectivity index (χ3v) is 4.30. The molecule has 0 spiro atoms. The van der Waals surface area contributed by atoms with Crippen molar-refractivity contribution < 1.29 is 0 Å². The number of nitrogens with zero attached hydrogens (tertiary/aromatic N) is 1. The Morgan fingerprint density at radius 3 is 2.88 bits per heavy atom. The van der Waals surface area contributed by atoms with Crippen LogP contribution >= 0.6 is 15.9 Å². The Labute approximate surface area is 112 Å². The van der Waals surface area contributed by atoms with Crippen LogP contribution in [-0.2, 0) is 0 Å². The summed E-state index contributed by atoms with van der Waals surface area (Å²) in [4.78, 5) is 4.43. The minimum absolute atomic E-state index is 0.814. The van der Waals surface area contributed by atoms with Gasteiger partial charge in [0.05, 0.1) is 0 Å².